The van der Waals surface area contributed by atoms with Crippen LogP contribution in [0, 0.1) is 0 Å². The summed E-state index contributed by atoms with van der Waals surface area (Å²) in [5.74, 6) is -1.38. The first-order valence-electron chi connectivity index (χ1n) is 6.81. The number of carbonyl (C=O) groups is 2. The monoisotopic (exact) mass is 278 g/mol. The van der Waals surface area contributed by atoms with Crippen LogP contribution in [0.1, 0.15) is 61.8 Å². The summed E-state index contributed by atoms with van der Waals surface area (Å²) in [6, 6.07) is 3.73. The van der Waals surface area contributed by atoms with Crippen LogP contribution in [0.25, 0.3) is 0 Å². The number of carboxylic acids is 2. The van der Waals surface area contributed by atoms with Gasteiger partial charge in [0.2, 0.25) is 0 Å². The minimum absolute atomic E-state index is 0.0709. The normalized spacial score (nSPS) is 11.1. The molecule has 2 N–H and O–H groups in total. The van der Waals surface area contributed by atoms with E-state index in [1.807, 2.05) is 33.8 Å². The van der Waals surface area contributed by atoms with E-state index in [4.69, 9.17) is 10.2 Å². The summed E-state index contributed by atoms with van der Waals surface area (Å²) in [6.07, 6.45) is -0.142. The van der Waals surface area contributed by atoms with Crippen molar-refractivity contribution < 1.29 is 19.8 Å². The van der Waals surface area contributed by atoms with Crippen molar-refractivity contribution in [2.75, 3.05) is 0 Å². The molecule has 0 unspecified atom stereocenters. The predicted molar refractivity (Wildman–Crippen MR) is 77.3 cm³/mol. The minimum Gasteiger partial charge on any atom is -0.481 e. The molecule has 4 nitrogen and oxygen atoms in total. The van der Waals surface area contributed by atoms with Gasteiger partial charge >= 0.3 is 11.9 Å². The van der Waals surface area contributed by atoms with Gasteiger partial charge < -0.3 is 10.2 Å². The van der Waals surface area contributed by atoms with Gasteiger partial charge in [-0.2, -0.15) is 0 Å². The van der Waals surface area contributed by atoms with E-state index in [1.165, 1.54) is 0 Å². The Hall–Kier alpha value is -1.84. The van der Waals surface area contributed by atoms with Gasteiger partial charge in [0, 0.05) is 0 Å². The first-order valence-corrected chi connectivity index (χ1v) is 6.81. The molecule has 0 amide bonds. The maximum atomic E-state index is 11.0. The quantitative estimate of drug-likeness (QED) is 0.838. The summed E-state index contributed by atoms with van der Waals surface area (Å²) in [7, 11) is 0. The van der Waals surface area contributed by atoms with Crippen molar-refractivity contribution >= 4 is 11.9 Å². The van der Waals surface area contributed by atoms with E-state index < -0.39 is 11.9 Å². The van der Waals surface area contributed by atoms with Crippen molar-refractivity contribution in [2.24, 2.45) is 0 Å². The van der Waals surface area contributed by atoms with E-state index in [0.29, 0.717) is 11.1 Å². The third-order valence-corrected chi connectivity index (χ3v) is 3.33. The van der Waals surface area contributed by atoms with Crippen LogP contribution in [-0.2, 0) is 22.4 Å². The Morgan fingerprint density at radius 3 is 1.45 bits per heavy atom. The molecule has 0 aliphatic rings. The van der Waals surface area contributed by atoms with Crippen molar-refractivity contribution in [1.29, 1.82) is 0 Å². The fourth-order valence-electron chi connectivity index (χ4n) is 2.44. The Kier molecular flexibility index (Phi) is 5.31. The van der Waals surface area contributed by atoms with E-state index in [0.717, 1.165) is 11.1 Å². The standard InChI is InChI=1S/C16H22O4/c1-9(2)13-8-14(10(3)4)12(7-16(19)20)5-11(13)6-15(17)18/h5,8-10H,6-7H2,1-4H3,(H,17,18)(H,19,20). The fraction of sp³-hybridized carbons (Fsp3) is 0.500. The number of rotatable bonds is 6. The molecule has 0 spiro atoms. The zero-order valence-electron chi connectivity index (χ0n) is 12.4. The molecule has 0 aliphatic heterocycles. The largest absolute Gasteiger partial charge is 0.481 e. The second-order valence-electron chi connectivity index (χ2n) is 5.70. The number of hydrogen-bond acceptors (Lipinski definition) is 2. The highest BCUT2D eigenvalue weighted by Crippen LogP contribution is 2.29. The maximum absolute atomic E-state index is 11.0. The van der Waals surface area contributed by atoms with Gasteiger partial charge in [-0.1, -0.05) is 39.8 Å². The molecule has 0 aromatic heterocycles. The van der Waals surface area contributed by atoms with Crippen LogP contribution in [0.2, 0.25) is 0 Å². The Morgan fingerprint density at radius 1 is 0.850 bits per heavy atom. The zero-order chi connectivity index (χ0) is 15.4. The van der Waals surface area contributed by atoms with Crippen molar-refractivity contribution in [3.8, 4) is 0 Å². The topological polar surface area (TPSA) is 74.6 Å². The van der Waals surface area contributed by atoms with Gasteiger partial charge in [-0.3, -0.25) is 9.59 Å². The summed E-state index contributed by atoms with van der Waals surface area (Å²) >= 11 is 0. The van der Waals surface area contributed by atoms with Crippen molar-refractivity contribution in [3.63, 3.8) is 0 Å². The molecule has 0 aliphatic carbocycles. The molecule has 0 saturated heterocycles. The third-order valence-electron chi connectivity index (χ3n) is 3.33. The summed E-state index contributed by atoms with van der Waals surface area (Å²) in [6.45, 7) is 8.06. The SMILES string of the molecule is CC(C)c1cc(C(C)C)c(CC(=O)O)cc1CC(=O)O. The van der Waals surface area contributed by atoms with Gasteiger partial charge in [0.1, 0.15) is 0 Å². The highest BCUT2D eigenvalue weighted by molar-refractivity contribution is 5.73. The lowest BCUT2D eigenvalue weighted by atomic mass is 9.86. The summed E-state index contributed by atoms with van der Waals surface area (Å²) in [5.41, 5.74) is 3.41. The first kappa shape index (κ1) is 16.2. The molecule has 20 heavy (non-hydrogen) atoms. The molecular formula is C16H22O4. The maximum Gasteiger partial charge on any atom is 0.307 e. The van der Waals surface area contributed by atoms with Crippen molar-refractivity contribution in [2.45, 2.75) is 52.4 Å². The summed E-state index contributed by atoms with van der Waals surface area (Å²) in [4.78, 5) is 22.0. The van der Waals surface area contributed by atoms with Gasteiger partial charge in [-0.15, -0.1) is 0 Å². The van der Waals surface area contributed by atoms with Gasteiger partial charge in [0.15, 0.2) is 0 Å². The van der Waals surface area contributed by atoms with Crippen molar-refractivity contribution in [1.82, 2.24) is 0 Å². The molecule has 1 aromatic carbocycles. The highest BCUT2D eigenvalue weighted by atomic mass is 16.4. The van der Waals surface area contributed by atoms with E-state index in [9.17, 15) is 9.59 Å². The number of carboxylic acid groups (broad SMARTS) is 2. The average Bonchev–Trinajstić information content (AvgIpc) is 2.26. The first-order chi connectivity index (χ1) is 9.22. The Bertz CT molecular complexity index is 472. The van der Waals surface area contributed by atoms with Gasteiger partial charge in [-0.25, -0.2) is 0 Å². The molecule has 1 rings (SSSR count). The average molecular weight is 278 g/mol. The summed E-state index contributed by atoms with van der Waals surface area (Å²) in [5, 5.41) is 18.0. The third kappa shape index (κ3) is 4.08. The lowest BCUT2D eigenvalue weighted by Gasteiger charge is -2.19. The molecular weight excluding hydrogens is 256 g/mol. The molecule has 110 valence electrons. The van der Waals surface area contributed by atoms with E-state index in [1.54, 1.807) is 6.07 Å². The predicted octanol–water partition coefficient (Wildman–Crippen LogP) is 3.19. The molecule has 0 saturated carbocycles. The lowest BCUT2D eigenvalue weighted by Crippen LogP contribution is -2.11. The second kappa shape index (κ2) is 6.55. The zero-order valence-corrected chi connectivity index (χ0v) is 12.4. The molecule has 1 aromatic rings. The van der Waals surface area contributed by atoms with Gasteiger partial charge in [0.05, 0.1) is 12.8 Å². The minimum atomic E-state index is -0.898. The molecule has 0 heterocycles. The second-order valence-corrected chi connectivity index (χ2v) is 5.70. The fourth-order valence-corrected chi connectivity index (χ4v) is 2.44. The Labute approximate surface area is 119 Å². The van der Waals surface area contributed by atoms with E-state index in [-0.39, 0.29) is 24.7 Å². The van der Waals surface area contributed by atoms with Crippen LogP contribution >= 0.6 is 0 Å². The van der Waals surface area contributed by atoms with E-state index >= 15 is 0 Å². The number of hydrogen-bond donors (Lipinski definition) is 2. The smallest absolute Gasteiger partial charge is 0.307 e. The Morgan fingerprint density at radius 2 is 1.20 bits per heavy atom. The molecule has 4 heteroatoms. The van der Waals surface area contributed by atoms with Crippen LogP contribution in [0.4, 0.5) is 0 Å². The summed E-state index contributed by atoms with van der Waals surface area (Å²) < 4.78 is 0. The highest BCUT2D eigenvalue weighted by Gasteiger charge is 2.17. The van der Waals surface area contributed by atoms with Crippen LogP contribution in [-0.4, -0.2) is 22.2 Å². The van der Waals surface area contributed by atoms with Crippen molar-refractivity contribution in [3.05, 3.63) is 34.4 Å². The van der Waals surface area contributed by atoms with Crippen LogP contribution < -0.4 is 0 Å². The van der Waals surface area contributed by atoms with Gasteiger partial charge in [-0.05, 0) is 34.1 Å². The molecule has 0 radical (unpaired) electrons. The Balaban J connectivity index is 3.42. The molecule has 0 fully saturated rings. The number of benzene rings is 1. The van der Waals surface area contributed by atoms with Crippen LogP contribution in [0.5, 0.6) is 0 Å². The van der Waals surface area contributed by atoms with E-state index in [2.05, 4.69) is 0 Å². The van der Waals surface area contributed by atoms with Gasteiger partial charge in [0.25, 0.3) is 0 Å². The molecule has 0 atom stereocenters. The molecule has 0 bridgehead atoms. The van der Waals surface area contributed by atoms with Crippen LogP contribution in [0.3, 0.4) is 0 Å². The lowest BCUT2D eigenvalue weighted by molar-refractivity contribution is -0.137. The number of aliphatic carboxylic acids is 2. The van der Waals surface area contributed by atoms with Crippen LogP contribution in [0.15, 0.2) is 12.1 Å².